The molecule has 2 atom stereocenters. The van der Waals surface area contributed by atoms with E-state index in [1.54, 1.807) is 0 Å². The highest BCUT2D eigenvalue weighted by atomic mass is 16.2. The third-order valence-electron chi connectivity index (χ3n) is 4.50. The van der Waals surface area contributed by atoms with E-state index in [0.717, 1.165) is 19.4 Å². The van der Waals surface area contributed by atoms with Crippen LogP contribution in [0, 0.1) is 17.2 Å². The first-order valence-electron chi connectivity index (χ1n) is 7.37. The molecule has 1 saturated carbocycles. The monoisotopic (exact) mass is 273 g/mol. The van der Waals surface area contributed by atoms with E-state index < -0.39 is 0 Å². The molecule has 2 heterocycles. The Morgan fingerprint density at radius 1 is 1.35 bits per heavy atom. The number of nitrogens with zero attached hydrogens (tertiary/aromatic N) is 5. The number of rotatable bonds is 2. The highest BCUT2D eigenvalue weighted by Crippen LogP contribution is 2.35. The summed E-state index contributed by atoms with van der Waals surface area (Å²) in [4.78, 5) is 18.4. The number of carbonyl (C=O) groups excluding carboxylic acids is 1. The number of hydrogen-bond acceptors (Lipinski definition) is 4. The van der Waals surface area contributed by atoms with E-state index in [-0.39, 0.29) is 18.3 Å². The fraction of sp³-hybridized carbons (Fsp3) is 0.714. The number of carbonyl (C=O) groups is 1. The van der Waals surface area contributed by atoms with Crippen molar-refractivity contribution >= 4 is 5.91 Å². The molecule has 0 N–H and O–H groups in total. The first-order valence-corrected chi connectivity index (χ1v) is 7.37. The summed E-state index contributed by atoms with van der Waals surface area (Å²) in [7, 11) is 0. The van der Waals surface area contributed by atoms with Gasteiger partial charge in [0.2, 0.25) is 5.91 Å². The fourth-order valence-electron chi connectivity index (χ4n) is 3.59. The van der Waals surface area contributed by atoms with Gasteiger partial charge in [-0.3, -0.25) is 4.79 Å². The molecule has 1 amide bonds. The van der Waals surface area contributed by atoms with Crippen molar-refractivity contribution in [2.75, 3.05) is 6.54 Å². The van der Waals surface area contributed by atoms with Crippen LogP contribution in [0.2, 0.25) is 0 Å². The molecule has 1 aliphatic heterocycles. The van der Waals surface area contributed by atoms with Gasteiger partial charge in [-0.1, -0.05) is 12.8 Å². The molecular weight excluding hydrogens is 254 g/mol. The summed E-state index contributed by atoms with van der Waals surface area (Å²) >= 11 is 0. The molecule has 2 fully saturated rings. The van der Waals surface area contributed by atoms with Gasteiger partial charge in [0.15, 0.2) is 0 Å². The Labute approximate surface area is 118 Å². The number of nitriles is 1. The SMILES string of the molecule is N#Cc1ncn(CC(=O)N2CCC[C@H]3CCCC[C@H]32)n1. The van der Waals surface area contributed by atoms with Gasteiger partial charge in [-0.05, 0) is 31.6 Å². The third-order valence-corrected chi connectivity index (χ3v) is 4.50. The summed E-state index contributed by atoms with van der Waals surface area (Å²) in [5.74, 6) is 0.912. The number of aromatic nitrogens is 3. The molecule has 1 aromatic heterocycles. The summed E-state index contributed by atoms with van der Waals surface area (Å²) in [6.07, 6.45) is 8.75. The van der Waals surface area contributed by atoms with Gasteiger partial charge in [-0.2, -0.15) is 5.26 Å². The van der Waals surface area contributed by atoms with Crippen molar-refractivity contribution in [3.8, 4) is 6.07 Å². The summed E-state index contributed by atoms with van der Waals surface area (Å²) in [5.41, 5.74) is 0. The van der Waals surface area contributed by atoms with Gasteiger partial charge in [-0.25, -0.2) is 9.67 Å². The van der Waals surface area contributed by atoms with Gasteiger partial charge in [0.1, 0.15) is 18.9 Å². The maximum Gasteiger partial charge on any atom is 0.252 e. The van der Waals surface area contributed by atoms with Gasteiger partial charge in [0.05, 0.1) is 0 Å². The first kappa shape index (κ1) is 13.1. The smallest absolute Gasteiger partial charge is 0.252 e. The van der Waals surface area contributed by atoms with Crippen molar-refractivity contribution in [1.29, 1.82) is 5.26 Å². The molecule has 1 saturated heterocycles. The zero-order valence-electron chi connectivity index (χ0n) is 11.5. The second-order valence-corrected chi connectivity index (χ2v) is 5.72. The molecule has 2 aliphatic rings. The second-order valence-electron chi connectivity index (χ2n) is 5.72. The van der Waals surface area contributed by atoms with Crippen LogP contribution in [0.3, 0.4) is 0 Å². The number of fused-ring (bicyclic) bond motifs is 1. The van der Waals surface area contributed by atoms with Crippen LogP contribution in [-0.2, 0) is 11.3 Å². The normalized spacial score (nSPS) is 25.9. The minimum Gasteiger partial charge on any atom is -0.338 e. The molecule has 0 spiro atoms. The molecule has 1 aromatic rings. The average molecular weight is 273 g/mol. The van der Waals surface area contributed by atoms with E-state index >= 15 is 0 Å². The van der Waals surface area contributed by atoms with Crippen LogP contribution in [0.4, 0.5) is 0 Å². The van der Waals surface area contributed by atoms with E-state index in [1.165, 1.54) is 36.7 Å². The standard InChI is InChI=1S/C14H19N5O/c15-8-13-16-10-18(17-13)9-14(20)19-7-3-5-11-4-1-2-6-12(11)19/h10-12H,1-7,9H2/t11-,12-/m1/s1. The third kappa shape index (κ3) is 2.53. The summed E-state index contributed by atoms with van der Waals surface area (Å²) in [6, 6.07) is 2.30. The molecule has 3 rings (SSSR count). The maximum atomic E-state index is 12.5. The second kappa shape index (κ2) is 5.61. The zero-order valence-corrected chi connectivity index (χ0v) is 11.5. The van der Waals surface area contributed by atoms with E-state index in [0.29, 0.717) is 12.0 Å². The Bertz CT molecular complexity index is 530. The Morgan fingerprint density at radius 3 is 2.95 bits per heavy atom. The Balaban J connectivity index is 1.67. The summed E-state index contributed by atoms with van der Waals surface area (Å²) in [6.45, 7) is 1.05. The lowest BCUT2D eigenvalue weighted by Gasteiger charge is -2.44. The minimum absolute atomic E-state index is 0.107. The summed E-state index contributed by atoms with van der Waals surface area (Å²) < 4.78 is 1.47. The van der Waals surface area contributed by atoms with Crippen LogP contribution in [0.1, 0.15) is 44.3 Å². The van der Waals surface area contributed by atoms with Gasteiger partial charge in [0.25, 0.3) is 5.82 Å². The number of piperidine rings is 1. The van der Waals surface area contributed by atoms with Crippen molar-refractivity contribution in [2.24, 2.45) is 5.92 Å². The highest BCUT2D eigenvalue weighted by molar-refractivity contribution is 5.76. The molecule has 0 bridgehead atoms. The Kier molecular flexibility index (Phi) is 3.68. The Hall–Kier alpha value is -1.90. The number of likely N-dealkylation sites (tertiary alicyclic amines) is 1. The quantitative estimate of drug-likeness (QED) is 0.814. The minimum atomic E-state index is 0.107. The molecule has 0 unspecified atom stereocenters. The van der Waals surface area contributed by atoms with E-state index in [4.69, 9.17) is 5.26 Å². The molecule has 0 aromatic carbocycles. The predicted octanol–water partition coefficient (Wildman–Crippen LogP) is 1.33. The molecule has 0 radical (unpaired) electrons. The van der Waals surface area contributed by atoms with Crippen molar-refractivity contribution in [2.45, 2.75) is 51.1 Å². The van der Waals surface area contributed by atoms with Crippen LogP contribution >= 0.6 is 0 Å². The van der Waals surface area contributed by atoms with E-state index in [1.807, 2.05) is 11.0 Å². The molecule has 6 nitrogen and oxygen atoms in total. The number of amides is 1. The molecule has 6 heteroatoms. The van der Waals surface area contributed by atoms with Crippen LogP contribution in [0.15, 0.2) is 6.33 Å². The highest BCUT2D eigenvalue weighted by Gasteiger charge is 2.35. The van der Waals surface area contributed by atoms with E-state index in [9.17, 15) is 4.79 Å². The molecule has 1 aliphatic carbocycles. The summed E-state index contributed by atoms with van der Waals surface area (Å²) in [5, 5.41) is 12.7. The predicted molar refractivity (Wildman–Crippen MR) is 71.4 cm³/mol. The maximum absolute atomic E-state index is 12.5. The van der Waals surface area contributed by atoms with Crippen molar-refractivity contribution in [1.82, 2.24) is 19.7 Å². The molecular formula is C14H19N5O. The number of hydrogen-bond donors (Lipinski definition) is 0. The van der Waals surface area contributed by atoms with Gasteiger partial charge in [-0.15, -0.1) is 5.10 Å². The Morgan fingerprint density at radius 2 is 2.15 bits per heavy atom. The van der Waals surface area contributed by atoms with Gasteiger partial charge in [0, 0.05) is 12.6 Å². The van der Waals surface area contributed by atoms with Crippen LogP contribution < -0.4 is 0 Å². The lowest BCUT2D eigenvalue weighted by atomic mass is 9.78. The van der Waals surface area contributed by atoms with Gasteiger partial charge < -0.3 is 4.90 Å². The van der Waals surface area contributed by atoms with Crippen LogP contribution in [-0.4, -0.2) is 38.2 Å². The molecule has 106 valence electrons. The van der Waals surface area contributed by atoms with Crippen molar-refractivity contribution in [3.05, 3.63) is 12.2 Å². The van der Waals surface area contributed by atoms with E-state index in [2.05, 4.69) is 10.1 Å². The van der Waals surface area contributed by atoms with Crippen molar-refractivity contribution < 1.29 is 4.79 Å². The topological polar surface area (TPSA) is 74.8 Å². The molecule has 20 heavy (non-hydrogen) atoms. The van der Waals surface area contributed by atoms with Crippen LogP contribution in [0.5, 0.6) is 0 Å². The van der Waals surface area contributed by atoms with Crippen LogP contribution in [0.25, 0.3) is 0 Å². The zero-order chi connectivity index (χ0) is 13.9. The lowest BCUT2D eigenvalue weighted by Crippen LogP contribution is -2.50. The average Bonchev–Trinajstić information content (AvgIpc) is 2.94. The van der Waals surface area contributed by atoms with Crippen molar-refractivity contribution in [3.63, 3.8) is 0 Å². The van der Waals surface area contributed by atoms with Gasteiger partial charge >= 0.3 is 0 Å². The fourth-order valence-corrected chi connectivity index (χ4v) is 3.59. The first-order chi connectivity index (χ1) is 9.78. The lowest BCUT2D eigenvalue weighted by molar-refractivity contribution is -0.138. The largest absolute Gasteiger partial charge is 0.338 e.